The lowest BCUT2D eigenvalue weighted by Crippen LogP contribution is -2.33. The lowest BCUT2D eigenvalue weighted by molar-refractivity contribution is -0.116. The highest BCUT2D eigenvalue weighted by atomic mass is 35.5. The lowest BCUT2D eigenvalue weighted by atomic mass is 9.92. The van der Waals surface area contributed by atoms with Gasteiger partial charge in [0.05, 0.1) is 19.9 Å². The predicted octanol–water partition coefficient (Wildman–Crippen LogP) is 4.69. The van der Waals surface area contributed by atoms with Crippen LogP contribution in [0.2, 0.25) is 5.02 Å². The number of carbonyl (C=O) groups is 1. The van der Waals surface area contributed by atoms with Gasteiger partial charge in [-0.2, -0.15) is 0 Å². The van der Waals surface area contributed by atoms with Crippen molar-refractivity contribution in [3.63, 3.8) is 0 Å². The zero-order chi connectivity index (χ0) is 21.5. The zero-order valence-corrected chi connectivity index (χ0v) is 18.2. The maximum Gasteiger partial charge on any atom is 0.224 e. The molecule has 1 aliphatic rings. The molecular formula is C23H29ClN2O4. The molecule has 0 radical (unpaired) electrons. The minimum Gasteiger partial charge on any atom is -0.508 e. The summed E-state index contributed by atoms with van der Waals surface area (Å²) in [7, 11) is 3.16. The van der Waals surface area contributed by atoms with Crippen LogP contribution in [0.25, 0.3) is 0 Å². The van der Waals surface area contributed by atoms with E-state index in [1.807, 2.05) is 6.07 Å². The fourth-order valence-electron chi connectivity index (χ4n) is 3.80. The van der Waals surface area contributed by atoms with Crippen LogP contribution in [0.15, 0.2) is 36.4 Å². The monoisotopic (exact) mass is 432 g/mol. The molecule has 0 spiro atoms. The lowest BCUT2D eigenvalue weighted by Gasteiger charge is -2.32. The molecule has 0 aromatic heterocycles. The van der Waals surface area contributed by atoms with E-state index < -0.39 is 0 Å². The number of piperidine rings is 1. The number of nitrogens with one attached hydrogen (secondary N) is 1. The van der Waals surface area contributed by atoms with E-state index in [-0.39, 0.29) is 11.7 Å². The molecule has 0 atom stereocenters. The first-order chi connectivity index (χ1) is 14.5. The van der Waals surface area contributed by atoms with Gasteiger partial charge < -0.3 is 19.9 Å². The van der Waals surface area contributed by atoms with E-state index in [1.54, 1.807) is 44.6 Å². The fraction of sp³-hybridized carbons (Fsp3) is 0.435. The Morgan fingerprint density at radius 2 is 1.93 bits per heavy atom. The van der Waals surface area contributed by atoms with Crippen molar-refractivity contribution in [3.05, 3.63) is 47.0 Å². The third-order valence-electron chi connectivity index (χ3n) is 5.61. The number of benzene rings is 2. The molecule has 0 aliphatic carbocycles. The van der Waals surface area contributed by atoms with Crippen molar-refractivity contribution in [1.29, 1.82) is 0 Å². The highest BCUT2D eigenvalue weighted by Crippen LogP contribution is 2.30. The number of hydrogen-bond donors (Lipinski definition) is 2. The topological polar surface area (TPSA) is 71.0 Å². The van der Waals surface area contributed by atoms with Crippen molar-refractivity contribution >= 4 is 23.2 Å². The molecule has 1 saturated heterocycles. The minimum atomic E-state index is -0.00949. The average molecular weight is 433 g/mol. The van der Waals surface area contributed by atoms with Crippen LogP contribution in [0.4, 0.5) is 5.69 Å². The SMILES string of the molecule is COc1ccc(NC(=O)CCC2CCN(Cc3cc(Cl)ccc3O)CC2)c(OC)c1. The summed E-state index contributed by atoms with van der Waals surface area (Å²) in [6.45, 7) is 2.59. The van der Waals surface area contributed by atoms with Gasteiger partial charge in [-0.1, -0.05) is 11.6 Å². The molecule has 1 aliphatic heterocycles. The molecule has 1 fully saturated rings. The second-order valence-corrected chi connectivity index (χ2v) is 8.08. The highest BCUT2D eigenvalue weighted by Gasteiger charge is 2.21. The van der Waals surface area contributed by atoms with Gasteiger partial charge in [0.2, 0.25) is 5.91 Å². The van der Waals surface area contributed by atoms with Crippen molar-refractivity contribution in [3.8, 4) is 17.2 Å². The number of ether oxygens (including phenoxy) is 2. The number of hydrogen-bond acceptors (Lipinski definition) is 5. The van der Waals surface area contributed by atoms with Crippen LogP contribution in [-0.2, 0) is 11.3 Å². The van der Waals surface area contributed by atoms with E-state index in [0.717, 1.165) is 37.9 Å². The van der Waals surface area contributed by atoms with Crippen molar-refractivity contribution in [2.24, 2.45) is 5.92 Å². The number of rotatable bonds is 8. The van der Waals surface area contributed by atoms with Crippen molar-refractivity contribution in [1.82, 2.24) is 4.90 Å². The van der Waals surface area contributed by atoms with E-state index in [2.05, 4.69) is 10.2 Å². The number of amides is 1. The first-order valence-electron chi connectivity index (χ1n) is 10.2. The summed E-state index contributed by atoms with van der Waals surface area (Å²) in [4.78, 5) is 14.7. The Balaban J connectivity index is 1.43. The predicted molar refractivity (Wildman–Crippen MR) is 119 cm³/mol. The largest absolute Gasteiger partial charge is 0.508 e. The van der Waals surface area contributed by atoms with Crippen LogP contribution < -0.4 is 14.8 Å². The van der Waals surface area contributed by atoms with E-state index >= 15 is 0 Å². The Morgan fingerprint density at radius 3 is 2.63 bits per heavy atom. The molecular weight excluding hydrogens is 404 g/mol. The third kappa shape index (κ3) is 6.03. The Bertz CT molecular complexity index is 866. The Labute approximate surface area is 182 Å². The normalized spacial score (nSPS) is 15.0. The van der Waals surface area contributed by atoms with Crippen molar-refractivity contribution in [2.75, 3.05) is 32.6 Å². The smallest absolute Gasteiger partial charge is 0.224 e. The molecule has 1 amide bonds. The molecule has 162 valence electrons. The number of phenols is 1. The summed E-state index contributed by atoms with van der Waals surface area (Å²) >= 11 is 6.04. The maximum atomic E-state index is 12.4. The van der Waals surface area contributed by atoms with Crippen LogP contribution in [0.1, 0.15) is 31.2 Å². The quantitative estimate of drug-likeness (QED) is 0.633. The number of nitrogens with zero attached hydrogens (tertiary/aromatic N) is 1. The molecule has 7 heteroatoms. The fourth-order valence-corrected chi connectivity index (χ4v) is 4.00. The second kappa shape index (κ2) is 10.5. The number of methoxy groups -OCH3 is 2. The van der Waals surface area contributed by atoms with Gasteiger partial charge in [-0.25, -0.2) is 0 Å². The number of halogens is 1. The Hall–Kier alpha value is -2.44. The van der Waals surface area contributed by atoms with Crippen LogP contribution in [0, 0.1) is 5.92 Å². The molecule has 0 unspecified atom stereocenters. The maximum absolute atomic E-state index is 12.4. The summed E-state index contributed by atoms with van der Waals surface area (Å²) in [5, 5.41) is 13.6. The third-order valence-corrected chi connectivity index (χ3v) is 5.84. The van der Waals surface area contributed by atoms with Gasteiger partial charge in [0, 0.05) is 29.6 Å². The van der Waals surface area contributed by atoms with Crippen LogP contribution in [0.5, 0.6) is 17.2 Å². The van der Waals surface area contributed by atoms with E-state index in [1.165, 1.54) is 0 Å². The summed E-state index contributed by atoms with van der Waals surface area (Å²) in [5.74, 6) is 2.07. The number of carbonyl (C=O) groups excluding carboxylic acids is 1. The van der Waals surface area contributed by atoms with Crippen LogP contribution in [0.3, 0.4) is 0 Å². The van der Waals surface area contributed by atoms with E-state index in [0.29, 0.717) is 41.1 Å². The van der Waals surface area contributed by atoms with Gasteiger partial charge >= 0.3 is 0 Å². The van der Waals surface area contributed by atoms with Crippen LogP contribution in [-0.4, -0.2) is 43.2 Å². The molecule has 2 aromatic rings. The van der Waals surface area contributed by atoms with Gasteiger partial charge in [-0.05, 0) is 68.6 Å². The van der Waals surface area contributed by atoms with Gasteiger partial charge in [0.1, 0.15) is 17.2 Å². The Kier molecular flexibility index (Phi) is 7.82. The van der Waals surface area contributed by atoms with E-state index in [4.69, 9.17) is 21.1 Å². The van der Waals surface area contributed by atoms with Crippen molar-refractivity contribution in [2.45, 2.75) is 32.2 Å². The molecule has 1 heterocycles. The summed E-state index contributed by atoms with van der Waals surface area (Å²) in [6.07, 6.45) is 3.43. The summed E-state index contributed by atoms with van der Waals surface area (Å²) in [6, 6.07) is 10.5. The molecule has 2 N–H and O–H groups in total. The molecule has 0 bridgehead atoms. The van der Waals surface area contributed by atoms with E-state index in [9.17, 15) is 9.90 Å². The summed E-state index contributed by atoms with van der Waals surface area (Å²) < 4.78 is 10.5. The molecule has 6 nitrogen and oxygen atoms in total. The number of aromatic hydroxyl groups is 1. The average Bonchev–Trinajstić information content (AvgIpc) is 2.76. The van der Waals surface area contributed by atoms with Crippen LogP contribution >= 0.6 is 11.6 Å². The first-order valence-corrected chi connectivity index (χ1v) is 10.6. The molecule has 2 aromatic carbocycles. The van der Waals surface area contributed by atoms with Gasteiger partial charge in [0.25, 0.3) is 0 Å². The zero-order valence-electron chi connectivity index (χ0n) is 17.5. The molecule has 30 heavy (non-hydrogen) atoms. The number of anilines is 1. The Morgan fingerprint density at radius 1 is 1.17 bits per heavy atom. The summed E-state index contributed by atoms with van der Waals surface area (Å²) in [5.41, 5.74) is 1.51. The number of likely N-dealkylation sites (tertiary alicyclic amines) is 1. The van der Waals surface area contributed by atoms with Crippen molar-refractivity contribution < 1.29 is 19.4 Å². The second-order valence-electron chi connectivity index (χ2n) is 7.65. The molecule has 0 saturated carbocycles. The van der Waals surface area contributed by atoms with Gasteiger partial charge in [-0.15, -0.1) is 0 Å². The number of phenolic OH excluding ortho intramolecular Hbond substituents is 1. The van der Waals surface area contributed by atoms with Gasteiger partial charge in [0.15, 0.2) is 0 Å². The highest BCUT2D eigenvalue weighted by molar-refractivity contribution is 6.30. The molecule has 3 rings (SSSR count). The minimum absolute atomic E-state index is 0.00949. The van der Waals surface area contributed by atoms with Gasteiger partial charge in [-0.3, -0.25) is 9.69 Å². The first kappa shape index (κ1) is 22.2. The standard InChI is InChI=1S/C23H29ClN2O4/c1-29-19-5-6-20(22(14-19)30-2)25-23(28)8-3-16-9-11-26(12-10-16)15-17-13-18(24)4-7-21(17)27/h4-7,13-14,16,27H,3,8-12,15H2,1-2H3,(H,25,28).